The molecule has 5 nitrogen and oxygen atoms in total. The van der Waals surface area contributed by atoms with Crippen molar-refractivity contribution in [2.75, 3.05) is 11.9 Å². The van der Waals surface area contributed by atoms with Crippen LogP contribution in [0.15, 0.2) is 24.3 Å². The highest BCUT2D eigenvalue weighted by Gasteiger charge is 2.25. The molecule has 1 aliphatic rings. The van der Waals surface area contributed by atoms with Crippen molar-refractivity contribution in [1.29, 1.82) is 0 Å². The number of carbonyl (C=O) groups excluding carboxylic acids is 2. The number of amides is 2. The SMILES string of the molecule is O=C1CCC(C(=O)Nc2ccccc2OC(F)F)CN1. The molecule has 0 saturated carbocycles. The maximum atomic E-state index is 12.3. The summed E-state index contributed by atoms with van der Waals surface area (Å²) in [6.07, 6.45) is 0.725. The maximum Gasteiger partial charge on any atom is 0.387 e. The summed E-state index contributed by atoms with van der Waals surface area (Å²) >= 11 is 0. The monoisotopic (exact) mass is 284 g/mol. The lowest BCUT2D eigenvalue weighted by Gasteiger charge is -2.22. The van der Waals surface area contributed by atoms with E-state index in [-0.39, 0.29) is 42.1 Å². The second-order valence-electron chi connectivity index (χ2n) is 4.40. The van der Waals surface area contributed by atoms with Crippen LogP contribution in [-0.4, -0.2) is 25.0 Å². The van der Waals surface area contributed by atoms with Crippen molar-refractivity contribution >= 4 is 17.5 Å². The zero-order valence-electron chi connectivity index (χ0n) is 10.6. The first-order chi connectivity index (χ1) is 9.56. The Labute approximate surface area is 114 Å². The van der Waals surface area contributed by atoms with Gasteiger partial charge in [-0.05, 0) is 18.6 Å². The summed E-state index contributed by atoms with van der Waals surface area (Å²) in [4.78, 5) is 23.0. The fourth-order valence-electron chi connectivity index (χ4n) is 1.96. The zero-order chi connectivity index (χ0) is 14.5. The van der Waals surface area contributed by atoms with E-state index in [0.717, 1.165) is 0 Å². The Hall–Kier alpha value is -2.18. The first kappa shape index (κ1) is 14.2. The van der Waals surface area contributed by atoms with Crippen LogP contribution in [0, 0.1) is 5.92 Å². The standard InChI is InChI=1S/C13H14F2N2O3/c14-13(15)20-10-4-2-1-3-9(10)17-12(19)8-5-6-11(18)16-7-8/h1-4,8,13H,5-7H2,(H,16,18)(H,17,19). The minimum absolute atomic E-state index is 0.0873. The molecule has 1 saturated heterocycles. The Balaban J connectivity index is 2.02. The molecule has 2 rings (SSSR count). The van der Waals surface area contributed by atoms with Gasteiger partial charge in [-0.3, -0.25) is 9.59 Å². The number of nitrogens with one attached hydrogen (secondary N) is 2. The lowest BCUT2D eigenvalue weighted by molar-refractivity contribution is -0.126. The third-order valence-corrected chi connectivity index (χ3v) is 3.00. The predicted molar refractivity (Wildman–Crippen MR) is 67.4 cm³/mol. The molecule has 1 aromatic carbocycles. The van der Waals surface area contributed by atoms with Crippen LogP contribution in [0.2, 0.25) is 0 Å². The molecule has 2 amide bonds. The molecule has 1 fully saturated rings. The number of hydrogen-bond donors (Lipinski definition) is 2. The van der Waals surface area contributed by atoms with Gasteiger partial charge >= 0.3 is 6.61 Å². The molecule has 7 heteroatoms. The third kappa shape index (κ3) is 3.66. The highest BCUT2D eigenvalue weighted by atomic mass is 19.3. The second-order valence-corrected chi connectivity index (χ2v) is 4.40. The molecule has 1 atom stereocenters. The van der Waals surface area contributed by atoms with E-state index in [0.29, 0.717) is 6.42 Å². The van der Waals surface area contributed by atoms with Crippen LogP contribution in [0.5, 0.6) is 5.75 Å². The van der Waals surface area contributed by atoms with Gasteiger partial charge in [0.2, 0.25) is 11.8 Å². The van der Waals surface area contributed by atoms with Crippen LogP contribution >= 0.6 is 0 Å². The maximum absolute atomic E-state index is 12.3. The van der Waals surface area contributed by atoms with E-state index < -0.39 is 6.61 Å². The summed E-state index contributed by atoms with van der Waals surface area (Å²) in [6, 6.07) is 5.98. The molecule has 1 unspecified atom stereocenters. The molecule has 2 N–H and O–H groups in total. The highest BCUT2D eigenvalue weighted by molar-refractivity contribution is 5.95. The minimum Gasteiger partial charge on any atom is -0.433 e. The number of ether oxygens (including phenoxy) is 1. The van der Waals surface area contributed by atoms with Gasteiger partial charge in [0.1, 0.15) is 5.75 Å². The summed E-state index contributed by atoms with van der Waals surface area (Å²) in [5, 5.41) is 5.15. The first-order valence-electron chi connectivity index (χ1n) is 6.17. The van der Waals surface area contributed by atoms with E-state index in [4.69, 9.17) is 0 Å². The van der Waals surface area contributed by atoms with E-state index in [1.165, 1.54) is 18.2 Å². The molecule has 0 aromatic heterocycles. The smallest absolute Gasteiger partial charge is 0.387 e. The molecular weight excluding hydrogens is 270 g/mol. The predicted octanol–water partition coefficient (Wildman–Crippen LogP) is 1.75. The lowest BCUT2D eigenvalue weighted by Crippen LogP contribution is -2.40. The summed E-state index contributed by atoms with van der Waals surface area (Å²) in [5.41, 5.74) is 0.190. The third-order valence-electron chi connectivity index (χ3n) is 3.00. The molecule has 108 valence electrons. The van der Waals surface area contributed by atoms with Crippen molar-refractivity contribution in [2.24, 2.45) is 5.92 Å². The molecule has 20 heavy (non-hydrogen) atoms. The van der Waals surface area contributed by atoms with Crippen molar-refractivity contribution in [3.8, 4) is 5.75 Å². The summed E-state index contributed by atoms with van der Waals surface area (Å²) < 4.78 is 28.8. The quantitative estimate of drug-likeness (QED) is 0.885. The number of rotatable bonds is 4. The molecular formula is C13H14F2N2O3. The average molecular weight is 284 g/mol. The number of carbonyl (C=O) groups is 2. The highest BCUT2D eigenvalue weighted by Crippen LogP contribution is 2.26. The van der Waals surface area contributed by atoms with Gasteiger partial charge in [-0.1, -0.05) is 12.1 Å². The molecule has 1 aliphatic heterocycles. The topological polar surface area (TPSA) is 67.4 Å². The Kier molecular flexibility index (Phi) is 4.49. The second kappa shape index (κ2) is 6.31. The first-order valence-corrected chi connectivity index (χ1v) is 6.17. The Morgan fingerprint density at radius 3 is 2.80 bits per heavy atom. The van der Waals surface area contributed by atoms with Crippen LogP contribution < -0.4 is 15.4 Å². The van der Waals surface area contributed by atoms with Gasteiger partial charge in [0.05, 0.1) is 11.6 Å². The van der Waals surface area contributed by atoms with Crippen LogP contribution in [0.3, 0.4) is 0 Å². The van der Waals surface area contributed by atoms with Gasteiger partial charge in [0.15, 0.2) is 0 Å². The Morgan fingerprint density at radius 2 is 2.15 bits per heavy atom. The number of hydrogen-bond acceptors (Lipinski definition) is 3. The van der Waals surface area contributed by atoms with Crippen LogP contribution in [-0.2, 0) is 9.59 Å². The fourth-order valence-corrected chi connectivity index (χ4v) is 1.96. The summed E-state index contributed by atoms with van der Waals surface area (Å²) in [7, 11) is 0. The van der Waals surface area contributed by atoms with Crippen molar-refractivity contribution in [3.05, 3.63) is 24.3 Å². The largest absolute Gasteiger partial charge is 0.433 e. The normalized spacial score (nSPS) is 18.6. The van der Waals surface area contributed by atoms with Crippen molar-refractivity contribution < 1.29 is 23.1 Å². The van der Waals surface area contributed by atoms with Gasteiger partial charge in [-0.25, -0.2) is 0 Å². The number of alkyl halides is 2. The molecule has 0 spiro atoms. The van der Waals surface area contributed by atoms with Gasteiger partial charge in [-0.15, -0.1) is 0 Å². The summed E-state index contributed by atoms with van der Waals surface area (Å²) in [5.74, 6) is -0.867. The summed E-state index contributed by atoms with van der Waals surface area (Å²) in [6.45, 7) is -2.70. The van der Waals surface area contributed by atoms with Crippen molar-refractivity contribution in [1.82, 2.24) is 5.32 Å². The number of anilines is 1. The van der Waals surface area contributed by atoms with Gasteiger partial charge in [-0.2, -0.15) is 8.78 Å². The van der Waals surface area contributed by atoms with Gasteiger partial charge in [0.25, 0.3) is 0 Å². The van der Waals surface area contributed by atoms with E-state index in [1.807, 2.05) is 0 Å². The molecule has 0 radical (unpaired) electrons. The van der Waals surface area contributed by atoms with Crippen molar-refractivity contribution in [2.45, 2.75) is 19.5 Å². The van der Waals surface area contributed by atoms with Gasteiger partial charge < -0.3 is 15.4 Å². The number of benzene rings is 1. The Morgan fingerprint density at radius 1 is 1.40 bits per heavy atom. The van der Waals surface area contributed by atoms with E-state index in [1.54, 1.807) is 6.07 Å². The Bertz CT molecular complexity index is 498. The van der Waals surface area contributed by atoms with Crippen molar-refractivity contribution in [3.63, 3.8) is 0 Å². The zero-order valence-corrected chi connectivity index (χ0v) is 10.6. The molecule has 0 bridgehead atoms. The number of piperidine rings is 1. The molecule has 1 aromatic rings. The van der Waals surface area contributed by atoms with Crippen LogP contribution in [0.25, 0.3) is 0 Å². The van der Waals surface area contributed by atoms with Crippen LogP contribution in [0.1, 0.15) is 12.8 Å². The average Bonchev–Trinajstić information content (AvgIpc) is 2.41. The number of halogens is 2. The fraction of sp³-hybridized carbons (Fsp3) is 0.385. The lowest BCUT2D eigenvalue weighted by atomic mass is 9.98. The molecule has 1 heterocycles. The van der Waals surface area contributed by atoms with E-state index in [2.05, 4.69) is 15.4 Å². The number of para-hydroxylation sites is 2. The van der Waals surface area contributed by atoms with Crippen LogP contribution in [0.4, 0.5) is 14.5 Å². The molecule has 0 aliphatic carbocycles. The van der Waals surface area contributed by atoms with Gasteiger partial charge in [0, 0.05) is 13.0 Å². The van der Waals surface area contributed by atoms with E-state index in [9.17, 15) is 18.4 Å². The van der Waals surface area contributed by atoms with E-state index >= 15 is 0 Å². The minimum atomic E-state index is -2.96.